The van der Waals surface area contributed by atoms with E-state index in [4.69, 9.17) is 0 Å². The molecule has 6 heteroatoms. The van der Waals surface area contributed by atoms with Gasteiger partial charge in [-0.1, -0.05) is 13.8 Å². The van der Waals surface area contributed by atoms with Crippen molar-refractivity contribution in [1.29, 1.82) is 0 Å². The summed E-state index contributed by atoms with van der Waals surface area (Å²) in [6, 6.07) is 1.67. The summed E-state index contributed by atoms with van der Waals surface area (Å²) in [4.78, 5) is 0.718. The number of nitrogens with one attached hydrogen (secondary N) is 1. The Kier molecular flexibility index (Phi) is 4.89. The van der Waals surface area contributed by atoms with Crippen LogP contribution in [0, 0.1) is 18.8 Å². The lowest BCUT2D eigenvalue weighted by Crippen LogP contribution is -2.39. The van der Waals surface area contributed by atoms with E-state index in [1.54, 1.807) is 6.07 Å². The molecule has 114 valence electrons. The number of aliphatic hydroxyl groups is 1. The van der Waals surface area contributed by atoms with Crippen molar-refractivity contribution in [2.45, 2.75) is 56.9 Å². The van der Waals surface area contributed by atoms with E-state index in [2.05, 4.69) is 18.6 Å². The molecule has 4 nitrogen and oxygen atoms in total. The summed E-state index contributed by atoms with van der Waals surface area (Å²) in [6.07, 6.45) is 2.98. The number of aryl methyl sites for hydroxylation is 1. The molecular formula is C14H23NO3S2. The van der Waals surface area contributed by atoms with Crippen LogP contribution in [0.5, 0.6) is 0 Å². The molecule has 0 bridgehead atoms. The Bertz CT molecular complexity index is 555. The van der Waals surface area contributed by atoms with Gasteiger partial charge in [-0.05, 0) is 49.7 Å². The molecule has 2 unspecified atom stereocenters. The van der Waals surface area contributed by atoms with Gasteiger partial charge in [-0.15, -0.1) is 11.3 Å². The molecule has 0 aromatic carbocycles. The first-order valence-corrected chi connectivity index (χ1v) is 9.34. The standard InChI is InChI=1S/C14H23NO3S2/c1-9-4-10(2)6-12(5-9)15-20(17,18)14-7-11(3)13(8-16)19-14/h7,9-10,12,15-16H,4-6,8H2,1-3H3. The van der Waals surface area contributed by atoms with Crippen molar-refractivity contribution in [3.8, 4) is 0 Å². The van der Waals surface area contributed by atoms with Crippen LogP contribution in [0.2, 0.25) is 0 Å². The third-order valence-corrected chi connectivity index (χ3v) is 7.12. The van der Waals surface area contributed by atoms with Gasteiger partial charge in [-0.3, -0.25) is 0 Å². The van der Waals surface area contributed by atoms with Gasteiger partial charge in [0.05, 0.1) is 6.61 Å². The second kappa shape index (κ2) is 6.13. The lowest BCUT2D eigenvalue weighted by molar-refractivity contribution is 0.258. The van der Waals surface area contributed by atoms with Gasteiger partial charge < -0.3 is 5.11 Å². The van der Waals surface area contributed by atoms with Crippen LogP contribution in [0.4, 0.5) is 0 Å². The molecule has 2 atom stereocenters. The highest BCUT2D eigenvalue weighted by Gasteiger charge is 2.29. The average molecular weight is 317 g/mol. The molecule has 2 N–H and O–H groups in total. The van der Waals surface area contributed by atoms with Gasteiger partial charge in [0.25, 0.3) is 0 Å². The lowest BCUT2D eigenvalue weighted by atomic mass is 9.81. The van der Waals surface area contributed by atoms with Gasteiger partial charge in [0.15, 0.2) is 0 Å². The molecule has 2 rings (SSSR count). The molecule has 1 saturated carbocycles. The van der Waals surface area contributed by atoms with E-state index in [0.717, 1.165) is 34.6 Å². The molecule has 1 fully saturated rings. The van der Waals surface area contributed by atoms with Gasteiger partial charge in [0.2, 0.25) is 10.0 Å². The molecule has 20 heavy (non-hydrogen) atoms. The highest BCUT2D eigenvalue weighted by atomic mass is 32.2. The Morgan fingerprint density at radius 3 is 2.40 bits per heavy atom. The van der Waals surface area contributed by atoms with Crippen molar-refractivity contribution in [3.05, 3.63) is 16.5 Å². The van der Waals surface area contributed by atoms with Crippen molar-refractivity contribution in [1.82, 2.24) is 4.72 Å². The zero-order chi connectivity index (χ0) is 14.9. The van der Waals surface area contributed by atoms with Crippen LogP contribution in [-0.2, 0) is 16.6 Å². The smallest absolute Gasteiger partial charge is 0.250 e. The number of hydrogen-bond acceptors (Lipinski definition) is 4. The van der Waals surface area contributed by atoms with Crippen molar-refractivity contribution >= 4 is 21.4 Å². The topological polar surface area (TPSA) is 66.4 Å². The first-order chi connectivity index (χ1) is 9.31. The number of hydrogen-bond donors (Lipinski definition) is 2. The van der Waals surface area contributed by atoms with Crippen molar-refractivity contribution < 1.29 is 13.5 Å². The van der Waals surface area contributed by atoms with E-state index < -0.39 is 10.0 Å². The fraction of sp³-hybridized carbons (Fsp3) is 0.714. The second-order valence-electron chi connectivity index (χ2n) is 6.07. The lowest BCUT2D eigenvalue weighted by Gasteiger charge is -2.31. The van der Waals surface area contributed by atoms with Gasteiger partial charge >= 0.3 is 0 Å². The minimum atomic E-state index is -3.46. The highest BCUT2D eigenvalue weighted by Crippen LogP contribution is 2.31. The summed E-state index contributed by atoms with van der Waals surface area (Å²) in [7, 11) is -3.46. The minimum absolute atomic E-state index is 0.0266. The van der Waals surface area contributed by atoms with E-state index in [9.17, 15) is 13.5 Å². The van der Waals surface area contributed by atoms with E-state index in [0.29, 0.717) is 16.0 Å². The van der Waals surface area contributed by atoms with Gasteiger partial charge in [0, 0.05) is 10.9 Å². The van der Waals surface area contributed by atoms with Crippen molar-refractivity contribution in [2.75, 3.05) is 0 Å². The first kappa shape index (κ1) is 15.9. The van der Waals surface area contributed by atoms with E-state index in [-0.39, 0.29) is 12.6 Å². The van der Waals surface area contributed by atoms with Crippen LogP contribution in [0.15, 0.2) is 10.3 Å². The molecule has 1 aromatic rings. The summed E-state index contributed by atoms with van der Waals surface area (Å²) in [5.41, 5.74) is 0.836. The molecule has 0 saturated heterocycles. The summed E-state index contributed by atoms with van der Waals surface area (Å²) < 4.78 is 28.0. The Hall–Kier alpha value is -0.430. The normalized spacial score (nSPS) is 27.7. The zero-order valence-electron chi connectivity index (χ0n) is 12.2. The second-order valence-corrected chi connectivity index (χ2v) is 9.14. The zero-order valence-corrected chi connectivity index (χ0v) is 13.9. The van der Waals surface area contributed by atoms with E-state index in [1.807, 2.05) is 6.92 Å². The van der Waals surface area contributed by atoms with Crippen LogP contribution in [0.1, 0.15) is 43.6 Å². The summed E-state index contributed by atoms with van der Waals surface area (Å²) >= 11 is 1.16. The van der Waals surface area contributed by atoms with E-state index >= 15 is 0 Å². The number of thiophene rings is 1. The van der Waals surface area contributed by atoms with Gasteiger partial charge in [0.1, 0.15) is 4.21 Å². The fourth-order valence-corrected chi connectivity index (χ4v) is 5.83. The quantitative estimate of drug-likeness (QED) is 0.897. The van der Waals surface area contributed by atoms with Crippen molar-refractivity contribution in [3.63, 3.8) is 0 Å². The fourth-order valence-electron chi connectivity index (χ4n) is 3.10. The molecule has 0 amide bonds. The maximum atomic E-state index is 12.4. The monoisotopic (exact) mass is 317 g/mol. The maximum absolute atomic E-state index is 12.4. The average Bonchev–Trinajstić information content (AvgIpc) is 2.69. The van der Waals surface area contributed by atoms with Crippen LogP contribution >= 0.6 is 11.3 Å². The first-order valence-electron chi connectivity index (χ1n) is 7.04. The molecule has 0 aliphatic heterocycles. The third-order valence-electron chi connectivity index (χ3n) is 3.91. The third kappa shape index (κ3) is 3.61. The summed E-state index contributed by atoms with van der Waals surface area (Å²) in [5.74, 6) is 1.12. The van der Waals surface area contributed by atoms with Gasteiger partial charge in [-0.2, -0.15) is 0 Å². The molecule has 1 aliphatic rings. The molecule has 1 heterocycles. The molecule has 0 radical (unpaired) electrons. The predicted octanol–water partition coefficient (Wildman–Crippen LogP) is 2.65. The molecular weight excluding hydrogens is 294 g/mol. The Morgan fingerprint density at radius 2 is 1.90 bits per heavy atom. The Balaban J connectivity index is 2.14. The van der Waals surface area contributed by atoms with Crippen LogP contribution in [0.25, 0.3) is 0 Å². The van der Waals surface area contributed by atoms with Crippen LogP contribution in [0.3, 0.4) is 0 Å². The van der Waals surface area contributed by atoms with Crippen LogP contribution < -0.4 is 4.72 Å². The Morgan fingerprint density at radius 1 is 1.30 bits per heavy atom. The Labute approximate surface area is 125 Å². The SMILES string of the molecule is Cc1cc(S(=O)(=O)NC2CC(C)CC(C)C2)sc1CO. The number of sulfonamides is 1. The van der Waals surface area contributed by atoms with Crippen molar-refractivity contribution in [2.24, 2.45) is 11.8 Å². The summed E-state index contributed by atoms with van der Waals surface area (Å²) in [6.45, 7) is 6.07. The largest absolute Gasteiger partial charge is 0.391 e. The number of aliphatic hydroxyl groups excluding tert-OH is 1. The molecule has 1 aromatic heterocycles. The molecule has 1 aliphatic carbocycles. The minimum Gasteiger partial charge on any atom is -0.391 e. The summed E-state index contributed by atoms with van der Waals surface area (Å²) in [5, 5.41) is 9.18. The number of rotatable bonds is 4. The van der Waals surface area contributed by atoms with E-state index in [1.165, 1.54) is 6.42 Å². The highest BCUT2D eigenvalue weighted by molar-refractivity contribution is 7.91. The predicted molar refractivity (Wildman–Crippen MR) is 81.3 cm³/mol. The van der Waals surface area contributed by atoms with Crippen LogP contribution in [-0.4, -0.2) is 19.6 Å². The van der Waals surface area contributed by atoms with Gasteiger partial charge in [-0.25, -0.2) is 13.1 Å². The molecule has 0 spiro atoms. The maximum Gasteiger partial charge on any atom is 0.250 e.